The van der Waals surface area contributed by atoms with Crippen LogP contribution in [0.1, 0.15) is 11.1 Å². The minimum Gasteiger partial charge on any atom is -0.326 e. The summed E-state index contributed by atoms with van der Waals surface area (Å²) in [6.07, 6.45) is 0. The number of aromatic amines is 1. The summed E-state index contributed by atoms with van der Waals surface area (Å²) in [5.74, 6) is 0. The molecule has 1 aromatic carbocycles. The van der Waals surface area contributed by atoms with Gasteiger partial charge in [0.2, 0.25) is 0 Å². The predicted molar refractivity (Wildman–Crippen MR) is 72.8 cm³/mol. The number of hydrogen-bond donors (Lipinski definition) is 2. The highest BCUT2D eigenvalue weighted by atomic mass is 79.9. The molecule has 0 unspecified atom stereocenters. The molecule has 0 fully saturated rings. The number of aryl methyl sites for hydroxylation is 1. The number of pyridine rings is 1. The molecular formula is C13H13BrN2O. The van der Waals surface area contributed by atoms with Crippen molar-refractivity contribution in [2.45, 2.75) is 13.5 Å². The van der Waals surface area contributed by atoms with Crippen molar-refractivity contribution >= 4 is 15.9 Å². The van der Waals surface area contributed by atoms with E-state index in [0.29, 0.717) is 5.56 Å². The smallest absolute Gasteiger partial charge is 0.252 e. The molecule has 0 aliphatic rings. The number of nitrogens with one attached hydrogen (secondary N) is 1. The number of benzene rings is 1. The first-order valence-electron chi connectivity index (χ1n) is 5.30. The van der Waals surface area contributed by atoms with Gasteiger partial charge in [0.15, 0.2) is 0 Å². The molecule has 0 aliphatic heterocycles. The average molecular weight is 293 g/mol. The van der Waals surface area contributed by atoms with Gasteiger partial charge >= 0.3 is 0 Å². The van der Waals surface area contributed by atoms with E-state index in [1.54, 1.807) is 6.07 Å². The fraction of sp³-hybridized carbons (Fsp3) is 0.154. The van der Waals surface area contributed by atoms with Crippen LogP contribution in [-0.4, -0.2) is 4.98 Å². The second-order valence-corrected chi connectivity index (χ2v) is 4.77. The Hall–Kier alpha value is -1.39. The first kappa shape index (κ1) is 12.1. The fourth-order valence-corrected chi connectivity index (χ4v) is 2.31. The van der Waals surface area contributed by atoms with Crippen molar-refractivity contribution in [1.29, 1.82) is 0 Å². The largest absolute Gasteiger partial charge is 0.326 e. The van der Waals surface area contributed by atoms with Gasteiger partial charge in [-0.3, -0.25) is 4.79 Å². The summed E-state index contributed by atoms with van der Waals surface area (Å²) in [4.78, 5) is 14.6. The van der Waals surface area contributed by atoms with E-state index in [9.17, 15) is 4.79 Å². The molecule has 0 saturated heterocycles. The van der Waals surface area contributed by atoms with E-state index in [4.69, 9.17) is 5.73 Å². The van der Waals surface area contributed by atoms with E-state index in [0.717, 1.165) is 21.3 Å². The van der Waals surface area contributed by atoms with Crippen molar-refractivity contribution in [1.82, 2.24) is 4.98 Å². The van der Waals surface area contributed by atoms with Crippen LogP contribution in [0.4, 0.5) is 0 Å². The Morgan fingerprint density at radius 2 is 2.12 bits per heavy atom. The van der Waals surface area contributed by atoms with Gasteiger partial charge in [0.05, 0.1) is 5.69 Å². The van der Waals surface area contributed by atoms with Gasteiger partial charge in [-0.25, -0.2) is 0 Å². The number of rotatable bonds is 2. The summed E-state index contributed by atoms with van der Waals surface area (Å²) in [7, 11) is 0. The number of halogens is 1. The van der Waals surface area contributed by atoms with Crippen LogP contribution in [0.25, 0.3) is 11.3 Å². The third kappa shape index (κ3) is 2.48. The van der Waals surface area contributed by atoms with Crippen molar-refractivity contribution in [2.75, 3.05) is 0 Å². The Morgan fingerprint density at radius 3 is 2.76 bits per heavy atom. The molecular weight excluding hydrogens is 280 g/mol. The second-order valence-electron chi connectivity index (χ2n) is 3.92. The minimum atomic E-state index is -0.132. The van der Waals surface area contributed by atoms with Gasteiger partial charge in [-0.15, -0.1) is 0 Å². The zero-order valence-electron chi connectivity index (χ0n) is 9.46. The number of H-pyrrole nitrogens is 1. The summed E-state index contributed by atoms with van der Waals surface area (Å²) in [5, 5.41) is 0. The molecule has 0 amide bonds. The predicted octanol–water partition coefficient (Wildman–Crippen LogP) is 2.57. The van der Waals surface area contributed by atoms with Crippen LogP contribution in [0, 0.1) is 6.92 Å². The summed E-state index contributed by atoms with van der Waals surface area (Å²) in [5.41, 5.74) is 8.86. The number of hydrogen-bond acceptors (Lipinski definition) is 2. The van der Waals surface area contributed by atoms with Crippen molar-refractivity contribution in [2.24, 2.45) is 5.73 Å². The Bertz CT molecular complexity index is 605. The van der Waals surface area contributed by atoms with E-state index >= 15 is 0 Å². The van der Waals surface area contributed by atoms with E-state index in [-0.39, 0.29) is 12.1 Å². The SMILES string of the molecule is Cc1cccc(-c2[nH]c(=O)c(CN)cc2Br)c1. The molecule has 1 heterocycles. The van der Waals surface area contributed by atoms with Gasteiger partial charge in [-0.1, -0.05) is 23.8 Å². The molecule has 0 saturated carbocycles. The fourth-order valence-electron chi connectivity index (χ4n) is 1.71. The minimum absolute atomic E-state index is 0.132. The van der Waals surface area contributed by atoms with Crippen molar-refractivity contribution < 1.29 is 0 Å². The Morgan fingerprint density at radius 1 is 1.35 bits per heavy atom. The first-order chi connectivity index (χ1) is 8.11. The van der Waals surface area contributed by atoms with Crippen LogP contribution in [0.3, 0.4) is 0 Å². The highest BCUT2D eigenvalue weighted by Gasteiger charge is 2.07. The maximum atomic E-state index is 11.7. The Balaban J connectivity index is 2.61. The molecule has 0 radical (unpaired) electrons. The lowest BCUT2D eigenvalue weighted by Crippen LogP contribution is -2.16. The van der Waals surface area contributed by atoms with Crippen molar-refractivity contribution in [3.05, 3.63) is 56.3 Å². The molecule has 4 heteroatoms. The summed E-state index contributed by atoms with van der Waals surface area (Å²) in [6, 6.07) is 9.75. The molecule has 2 aromatic rings. The highest BCUT2D eigenvalue weighted by Crippen LogP contribution is 2.25. The quantitative estimate of drug-likeness (QED) is 0.894. The monoisotopic (exact) mass is 292 g/mol. The Labute approximate surface area is 108 Å². The summed E-state index contributed by atoms with van der Waals surface area (Å²) in [6.45, 7) is 2.26. The van der Waals surface area contributed by atoms with Crippen molar-refractivity contribution in [3.63, 3.8) is 0 Å². The van der Waals surface area contributed by atoms with Crippen molar-refractivity contribution in [3.8, 4) is 11.3 Å². The molecule has 0 bridgehead atoms. The van der Waals surface area contributed by atoms with Gasteiger partial charge in [-0.05, 0) is 40.5 Å². The second kappa shape index (κ2) is 4.85. The number of aromatic nitrogens is 1. The molecule has 0 atom stereocenters. The van der Waals surface area contributed by atoms with Gasteiger partial charge in [-0.2, -0.15) is 0 Å². The molecule has 17 heavy (non-hydrogen) atoms. The lowest BCUT2D eigenvalue weighted by Gasteiger charge is -2.07. The maximum Gasteiger partial charge on any atom is 0.252 e. The van der Waals surface area contributed by atoms with Crippen LogP contribution in [0.2, 0.25) is 0 Å². The molecule has 1 aromatic heterocycles. The normalized spacial score (nSPS) is 10.5. The first-order valence-corrected chi connectivity index (χ1v) is 6.10. The number of nitrogens with two attached hydrogens (primary N) is 1. The molecule has 88 valence electrons. The van der Waals surface area contributed by atoms with Crippen LogP contribution in [-0.2, 0) is 6.54 Å². The zero-order valence-corrected chi connectivity index (χ0v) is 11.0. The van der Waals surface area contributed by atoms with Crippen LogP contribution >= 0.6 is 15.9 Å². The van der Waals surface area contributed by atoms with Gasteiger partial charge in [0, 0.05) is 16.6 Å². The maximum absolute atomic E-state index is 11.7. The van der Waals surface area contributed by atoms with Gasteiger partial charge in [0.1, 0.15) is 0 Å². The van der Waals surface area contributed by atoms with E-state index in [2.05, 4.69) is 20.9 Å². The van der Waals surface area contributed by atoms with Gasteiger partial charge in [0.25, 0.3) is 5.56 Å². The lowest BCUT2D eigenvalue weighted by molar-refractivity contribution is 1.01. The van der Waals surface area contributed by atoms with E-state index in [1.807, 2.05) is 31.2 Å². The zero-order chi connectivity index (χ0) is 12.4. The van der Waals surface area contributed by atoms with Gasteiger partial charge < -0.3 is 10.7 Å². The van der Waals surface area contributed by atoms with Crippen LogP contribution in [0.5, 0.6) is 0 Å². The molecule has 0 aliphatic carbocycles. The summed E-state index contributed by atoms with van der Waals surface area (Å²) >= 11 is 3.46. The molecule has 2 rings (SSSR count). The van der Waals surface area contributed by atoms with Crippen LogP contribution < -0.4 is 11.3 Å². The standard InChI is InChI=1S/C13H13BrN2O/c1-8-3-2-4-9(5-8)12-11(14)6-10(7-15)13(17)16-12/h2-6H,7,15H2,1H3,(H,16,17). The molecule has 0 spiro atoms. The average Bonchev–Trinajstić information content (AvgIpc) is 2.31. The topological polar surface area (TPSA) is 58.9 Å². The molecule has 3 N–H and O–H groups in total. The van der Waals surface area contributed by atoms with E-state index < -0.39 is 0 Å². The third-order valence-corrected chi connectivity index (χ3v) is 3.22. The molecule has 3 nitrogen and oxygen atoms in total. The third-order valence-electron chi connectivity index (χ3n) is 2.60. The van der Waals surface area contributed by atoms with Crippen LogP contribution in [0.15, 0.2) is 39.6 Å². The Kier molecular flexibility index (Phi) is 3.45. The van der Waals surface area contributed by atoms with E-state index in [1.165, 1.54) is 0 Å². The highest BCUT2D eigenvalue weighted by molar-refractivity contribution is 9.10. The lowest BCUT2D eigenvalue weighted by atomic mass is 10.1. The summed E-state index contributed by atoms with van der Waals surface area (Å²) < 4.78 is 0.850.